The smallest absolute Gasteiger partial charge is 0.260 e. The highest BCUT2D eigenvalue weighted by Gasteiger charge is 2.32. The molecule has 2 atom stereocenters. The molecule has 2 N–H and O–H groups in total. The summed E-state index contributed by atoms with van der Waals surface area (Å²) in [5, 5.41) is 0. The number of benzene rings is 2. The number of ether oxygens (including phenoxy) is 1. The van der Waals surface area contributed by atoms with E-state index in [0.29, 0.717) is 18.0 Å². The van der Waals surface area contributed by atoms with Crippen molar-refractivity contribution in [3.63, 3.8) is 0 Å². The van der Waals surface area contributed by atoms with Crippen LogP contribution in [0.3, 0.4) is 0 Å². The summed E-state index contributed by atoms with van der Waals surface area (Å²) in [6, 6.07) is 12.3. The van der Waals surface area contributed by atoms with Gasteiger partial charge in [-0.2, -0.15) is 0 Å². The van der Waals surface area contributed by atoms with Gasteiger partial charge in [0.05, 0.1) is 0 Å². The van der Waals surface area contributed by atoms with Crippen molar-refractivity contribution in [2.75, 3.05) is 25.4 Å². The van der Waals surface area contributed by atoms with Crippen LogP contribution in [0.4, 0.5) is 10.1 Å². The highest BCUT2D eigenvalue weighted by Crippen LogP contribution is 2.21. The number of rotatable bonds is 5. The van der Waals surface area contributed by atoms with Gasteiger partial charge in [-0.1, -0.05) is 12.1 Å². The van der Waals surface area contributed by atoms with Crippen LogP contribution in [0.15, 0.2) is 42.5 Å². The Bertz CT molecular complexity index is 825. The molecule has 2 aromatic rings. The van der Waals surface area contributed by atoms with Crippen LogP contribution < -0.4 is 10.5 Å². The zero-order chi connectivity index (χ0) is 20.3. The van der Waals surface area contributed by atoms with E-state index in [9.17, 15) is 9.18 Å². The Kier molecular flexibility index (Phi) is 6.19. The topological polar surface area (TPSA) is 58.8 Å². The summed E-state index contributed by atoms with van der Waals surface area (Å²) in [7, 11) is 0. The van der Waals surface area contributed by atoms with Gasteiger partial charge >= 0.3 is 0 Å². The first-order valence-electron chi connectivity index (χ1n) is 9.60. The Morgan fingerprint density at radius 3 is 2.54 bits per heavy atom. The quantitative estimate of drug-likeness (QED) is 0.803. The minimum absolute atomic E-state index is 0.0123. The molecule has 1 fully saturated rings. The van der Waals surface area contributed by atoms with Crippen LogP contribution in [0.25, 0.3) is 0 Å². The minimum atomic E-state index is -0.225. The number of nitrogens with zero attached hydrogens (tertiary/aromatic N) is 2. The van der Waals surface area contributed by atoms with E-state index in [2.05, 4.69) is 18.7 Å². The number of nitrogen functional groups attached to an aromatic ring is 1. The van der Waals surface area contributed by atoms with Crippen molar-refractivity contribution in [1.29, 1.82) is 0 Å². The number of nitrogens with two attached hydrogens (primary N) is 1. The zero-order valence-electron chi connectivity index (χ0n) is 16.7. The van der Waals surface area contributed by atoms with Crippen LogP contribution in [0.5, 0.6) is 5.75 Å². The molecule has 1 aliphatic rings. The molecule has 0 bridgehead atoms. The second-order valence-electron chi connectivity index (χ2n) is 7.61. The monoisotopic (exact) mass is 385 g/mol. The number of hydrogen-bond donors (Lipinski definition) is 1. The summed E-state index contributed by atoms with van der Waals surface area (Å²) in [5.41, 5.74) is 8.53. The first kappa shape index (κ1) is 20.1. The Morgan fingerprint density at radius 2 is 1.86 bits per heavy atom. The average Bonchev–Trinajstić information content (AvgIpc) is 2.67. The molecule has 6 heteroatoms. The maximum absolute atomic E-state index is 13.1. The van der Waals surface area contributed by atoms with Crippen molar-refractivity contribution in [3.05, 3.63) is 59.4 Å². The van der Waals surface area contributed by atoms with Crippen LogP contribution >= 0.6 is 0 Å². The number of anilines is 1. The molecule has 150 valence electrons. The van der Waals surface area contributed by atoms with Gasteiger partial charge in [0.25, 0.3) is 5.91 Å². The molecule has 0 aliphatic carbocycles. The molecular weight excluding hydrogens is 357 g/mol. The molecule has 0 saturated carbocycles. The molecule has 0 spiro atoms. The Morgan fingerprint density at radius 1 is 1.14 bits per heavy atom. The van der Waals surface area contributed by atoms with E-state index in [1.165, 1.54) is 12.1 Å². The second-order valence-corrected chi connectivity index (χ2v) is 7.61. The van der Waals surface area contributed by atoms with E-state index in [1.807, 2.05) is 30.0 Å². The number of hydrogen-bond acceptors (Lipinski definition) is 4. The lowest BCUT2D eigenvalue weighted by Crippen LogP contribution is -2.58. The summed E-state index contributed by atoms with van der Waals surface area (Å²) in [6.45, 7) is 8.24. The molecule has 0 radical (unpaired) electrons. The fourth-order valence-electron chi connectivity index (χ4n) is 3.56. The van der Waals surface area contributed by atoms with Gasteiger partial charge in [-0.15, -0.1) is 0 Å². The molecule has 1 saturated heterocycles. The largest absolute Gasteiger partial charge is 0.484 e. The number of halogens is 1. The fourth-order valence-corrected chi connectivity index (χ4v) is 3.56. The van der Waals surface area contributed by atoms with Gasteiger partial charge < -0.3 is 15.4 Å². The zero-order valence-corrected chi connectivity index (χ0v) is 16.7. The highest BCUT2D eigenvalue weighted by molar-refractivity contribution is 5.78. The van der Waals surface area contributed by atoms with Crippen molar-refractivity contribution in [2.24, 2.45) is 0 Å². The van der Waals surface area contributed by atoms with Crippen LogP contribution in [-0.4, -0.2) is 47.5 Å². The summed E-state index contributed by atoms with van der Waals surface area (Å²) in [5.74, 6) is 0.405. The molecule has 1 aliphatic heterocycles. The first-order chi connectivity index (χ1) is 13.3. The Labute approximate surface area is 165 Å². The van der Waals surface area contributed by atoms with Crippen LogP contribution in [0, 0.1) is 12.7 Å². The van der Waals surface area contributed by atoms with Crippen molar-refractivity contribution in [3.8, 4) is 5.75 Å². The molecule has 2 aromatic carbocycles. The SMILES string of the molecule is Cc1cc(OCC(=O)N2CC(C)N(Cc3ccc(F)cc3)CC2C)ccc1N. The van der Waals surface area contributed by atoms with Gasteiger partial charge in [-0.25, -0.2) is 4.39 Å². The lowest BCUT2D eigenvalue weighted by molar-refractivity contribution is -0.139. The van der Waals surface area contributed by atoms with E-state index in [-0.39, 0.29) is 30.4 Å². The number of aryl methyl sites for hydroxylation is 1. The van der Waals surface area contributed by atoms with E-state index >= 15 is 0 Å². The second kappa shape index (κ2) is 8.61. The van der Waals surface area contributed by atoms with E-state index in [1.54, 1.807) is 12.1 Å². The highest BCUT2D eigenvalue weighted by atomic mass is 19.1. The number of carbonyl (C=O) groups is 1. The first-order valence-corrected chi connectivity index (χ1v) is 9.60. The Balaban J connectivity index is 1.56. The van der Waals surface area contributed by atoms with Crippen LogP contribution in [0.2, 0.25) is 0 Å². The predicted octanol–water partition coefficient (Wildman–Crippen LogP) is 3.22. The molecule has 1 amide bonds. The Hall–Kier alpha value is -2.60. The summed E-state index contributed by atoms with van der Waals surface area (Å²) in [4.78, 5) is 16.9. The van der Waals surface area contributed by atoms with Gasteiger partial charge in [0.2, 0.25) is 0 Å². The van der Waals surface area contributed by atoms with Gasteiger partial charge in [-0.05, 0) is 62.2 Å². The third kappa shape index (κ3) is 4.81. The molecule has 5 nitrogen and oxygen atoms in total. The van der Waals surface area contributed by atoms with Gasteiger partial charge in [-0.3, -0.25) is 9.69 Å². The van der Waals surface area contributed by atoms with E-state index < -0.39 is 0 Å². The third-order valence-corrected chi connectivity index (χ3v) is 5.34. The molecule has 2 unspecified atom stereocenters. The summed E-state index contributed by atoms with van der Waals surface area (Å²) < 4.78 is 18.8. The van der Waals surface area contributed by atoms with E-state index in [4.69, 9.17) is 10.5 Å². The minimum Gasteiger partial charge on any atom is -0.484 e. The summed E-state index contributed by atoms with van der Waals surface area (Å²) >= 11 is 0. The number of carbonyl (C=O) groups excluding carboxylic acids is 1. The number of piperazine rings is 1. The standard InChI is InChI=1S/C22H28FN3O2/c1-15-10-20(8-9-21(15)24)28-14-22(27)26-12-16(2)25(11-17(26)3)13-18-4-6-19(23)7-5-18/h4-10,16-17H,11-14,24H2,1-3H3. The van der Waals surface area contributed by atoms with Gasteiger partial charge in [0, 0.05) is 37.4 Å². The maximum atomic E-state index is 13.1. The average molecular weight is 385 g/mol. The van der Waals surface area contributed by atoms with Crippen LogP contribution in [-0.2, 0) is 11.3 Å². The third-order valence-electron chi connectivity index (χ3n) is 5.34. The van der Waals surface area contributed by atoms with Crippen molar-refractivity contribution >= 4 is 11.6 Å². The van der Waals surface area contributed by atoms with Gasteiger partial charge in [0.1, 0.15) is 11.6 Å². The van der Waals surface area contributed by atoms with Crippen molar-refractivity contribution in [2.45, 2.75) is 39.4 Å². The molecular formula is C22H28FN3O2. The summed E-state index contributed by atoms with van der Waals surface area (Å²) in [6.07, 6.45) is 0. The normalized spacial score (nSPS) is 20.2. The lowest BCUT2D eigenvalue weighted by atomic mass is 10.1. The molecule has 28 heavy (non-hydrogen) atoms. The van der Waals surface area contributed by atoms with E-state index in [0.717, 1.165) is 24.2 Å². The molecule has 1 heterocycles. The van der Waals surface area contributed by atoms with Crippen LogP contribution in [0.1, 0.15) is 25.0 Å². The fraction of sp³-hybridized carbons (Fsp3) is 0.409. The van der Waals surface area contributed by atoms with Gasteiger partial charge in [0.15, 0.2) is 6.61 Å². The molecule has 3 rings (SSSR count). The van der Waals surface area contributed by atoms with Crippen molar-refractivity contribution < 1.29 is 13.9 Å². The molecule has 0 aromatic heterocycles. The lowest BCUT2D eigenvalue weighted by Gasteiger charge is -2.44. The van der Waals surface area contributed by atoms with Crippen molar-refractivity contribution in [1.82, 2.24) is 9.80 Å². The number of amides is 1. The maximum Gasteiger partial charge on any atom is 0.260 e. The predicted molar refractivity (Wildman–Crippen MR) is 109 cm³/mol.